The molecular weight excluding hydrogens is 576 g/mol. The third-order valence-electron chi connectivity index (χ3n) is 10.2. The first-order chi connectivity index (χ1) is 22.3. The summed E-state index contributed by atoms with van der Waals surface area (Å²) in [5.41, 5.74) is 22.4. The second-order valence-electron chi connectivity index (χ2n) is 13.2. The molecule has 1 saturated carbocycles. The number of carboxylic acid groups (broad SMARTS) is 1. The molecule has 0 aliphatic heterocycles. The number of nitrogens with one attached hydrogen (secondary N) is 1. The molecule has 0 spiro atoms. The van der Waals surface area contributed by atoms with Crippen molar-refractivity contribution in [1.82, 2.24) is 4.98 Å². The summed E-state index contributed by atoms with van der Waals surface area (Å²) in [6.07, 6.45) is 13.7. The Hall–Kier alpha value is -4.11. The van der Waals surface area contributed by atoms with E-state index in [1.165, 1.54) is 22.6 Å². The van der Waals surface area contributed by atoms with Crippen molar-refractivity contribution in [1.29, 1.82) is 0 Å². The number of carboxylic acids is 1. The van der Waals surface area contributed by atoms with Crippen molar-refractivity contribution < 1.29 is 14.7 Å². The molecule has 9 heteroatoms. The second kappa shape index (κ2) is 15.5. The average Bonchev–Trinajstić information content (AvgIpc) is 3.55. The van der Waals surface area contributed by atoms with Gasteiger partial charge in [0.15, 0.2) is 5.96 Å². The van der Waals surface area contributed by atoms with Gasteiger partial charge in [0.1, 0.15) is 6.29 Å². The number of nitrogens with zero attached hydrogens (tertiary/aromatic N) is 2. The molecule has 0 radical (unpaired) electrons. The number of hydrogen-bond acceptors (Lipinski definition) is 4. The van der Waals surface area contributed by atoms with Gasteiger partial charge in [-0.05, 0) is 101 Å². The zero-order valence-electron chi connectivity index (χ0n) is 26.9. The van der Waals surface area contributed by atoms with E-state index < -0.39 is 12.0 Å². The molecule has 6 atom stereocenters. The molecular formula is C37H49N6O3-. The molecule has 0 unspecified atom stereocenters. The number of aromatic nitrogens is 1. The highest BCUT2D eigenvalue weighted by molar-refractivity contribution is 5.86. The fourth-order valence-electron chi connectivity index (χ4n) is 8.03. The molecule has 2 aromatic carbocycles. The molecule has 5 rings (SSSR count). The molecule has 2 aliphatic carbocycles. The summed E-state index contributed by atoms with van der Waals surface area (Å²) in [7, 11) is 0. The zero-order chi connectivity index (χ0) is 32.6. The van der Waals surface area contributed by atoms with Crippen LogP contribution in [-0.4, -0.2) is 46.9 Å². The SMILES string of the molecule is CCCC[C@H](N)CCC[C@H]1c2cc3cc(CC=O)ccc3cc2[C@@H]2CC[C@@H]([C@@H]([N-]c3ccc[nH]3)/C(=C/C(=O)O)CN=C(N)N)[C@H]1C2. The number of benzene rings is 2. The minimum Gasteiger partial charge on any atom is -0.478 e. The molecule has 46 heavy (non-hydrogen) atoms. The first-order valence-electron chi connectivity index (χ1n) is 16.9. The van der Waals surface area contributed by atoms with Gasteiger partial charge in [0, 0.05) is 18.5 Å². The van der Waals surface area contributed by atoms with Crippen LogP contribution in [0.2, 0.25) is 0 Å². The van der Waals surface area contributed by atoms with E-state index in [1.54, 1.807) is 0 Å². The molecule has 1 heterocycles. The van der Waals surface area contributed by atoms with E-state index in [2.05, 4.69) is 47.2 Å². The lowest BCUT2D eigenvalue weighted by molar-refractivity contribution is -0.131. The highest BCUT2D eigenvalue weighted by Crippen LogP contribution is 2.57. The van der Waals surface area contributed by atoms with Crippen molar-refractivity contribution in [3.8, 4) is 0 Å². The summed E-state index contributed by atoms with van der Waals surface area (Å²) >= 11 is 0. The topological polar surface area (TPSA) is 175 Å². The van der Waals surface area contributed by atoms with Crippen LogP contribution in [0.15, 0.2) is 65.3 Å². The van der Waals surface area contributed by atoms with Crippen LogP contribution < -0.4 is 17.2 Å². The number of carbonyl (C=O) groups is 2. The summed E-state index contributed by atoms with van der Waals surface area (Å²) in [4.78, 5) is 30.8. The van der Waals surface area contributed by atoms with Crippen molar-refractivity contribution in [2.24, 2.45) is 34.0 Å². The first-order valence-corrected chi connectivity index (χ1v) is 16.9. The number of carbonyl (C=O) groups excluding carboxylic acids is 1. The highest BCUT2D eigenvalue weighted by atomic mass is 16.4. The Labute approximate surface area is 272 Å². The lowest BCUT2D eigenvalue weighted by atomic mass is 9.57. The van der Waals surface area contributed by atoms with Gasteiger partial charge in [0.2, 0.25) is 0 Å². The Morgan fingerprint density at radius 2 is 1.91 bits per heavy atom. The molecule has 246 valence electrons. The van der Waals surface area contributed by atoms with Crippen LogP contribution in [0.25, 0.3) is 16.1 Å². The van der Waals surface area contributed by atoms with Gasteiger partial charge in [-0.3, -0.25) is 0 Å². The van der Waals surface area contributed by atoms with Gasteiger partial charge in [-0.25, -0.2) is 9.79 Å². The highest BCUT2D eigenvalue weighted by Gasteiger charge is 2.44. The summed E-state index contributed by atoms with van der Waals surface area (Å²) in [5, 5.41) is 17.4. The van der Waals surface area contributed by atoms with Crippen molar-refractivity contribution in [2.45, 2.75) is 95.1 Å². The number of aromatic amines is 1. The second-order valence-corrected chi connectivity index (χ2v) is 13.2. The fourth-order valence-corrected chi connectivity index (χ4v) is 8.03. The number of H-pyrrole nitrogens is 1. The molecule has 1 fully saturated rings. The van der Waals surface area contributed by atoms with Crippen LogP contribution in [0, 0.1) is 11.8 Å². The predicted molar refractivity (Wildman–Crippen MR) is 185 cm³/mol. The largest absolute Gasteiger partial charge is 0.478 e. The quantitative estimate of drug-likeness (QED) is 0.0522. The number of fused-ring (bicyclic) bond motifs is 5. The number of unbranched alkanes of at least 4 members (excludes halogenated alkanes) is 1. The van der Waals surface area contributed by atoms with Crippen LogP contribution in [-0.2, 0) is 16.0 Å². The van der Waals surface area contributed by atoms with E-state index in [0.717, 1.165) is 75.0 Å². The van der Waals surface area contributed by atoms with Gasteiger partial charge >= 0.3 is 5.97 Å². The monoisotopic (exact) mass is 625 g/mol. The summed E-state index contributed by atoms with van der Waals surface area (Å²) in [6.45, 7) is 2.28. The maximum atomic E-state index is 12.1. The molecule has 8 N–H and O–H groups in total. The minimum absolute atomic E-state index is 0.0772. The maximum Gasteiger partial charge on any atom is 0.328 e. The summed E-state index contributed by atoms with van der Waals surface area (Å²) < 4.78 is 0. The summed E-state index contributed by atoms with van der Waals surface area (Å²) in [6, 6.07) is 14.7. The van der Waals surface area contributed by atoms with Crippen LogP contribution in [0.3, 0.4) is 0 Å². The number of guanidine groups is 1. The average molecular weight is 626 g/mol. The number of hydrogen-bond donors (Lipinski definition) is 5. The molecule has 2 bridgehead atoms. The number of aliphatic imine (C=N–C) groups is 1. The maximum absolute atomic E-state index is 12.1. The van der Waals surface area contributed by atoms with E-state index in [-0.39, 0.29) is 36.3 Å². The van der Waals surface area contributed by atoms with Crippen LogP contribution in [0.5, 0.6) is 0 Å². The van der Waals surface area contributed by atoms with Crippen molar-refractivity contribution in [3.05, 3.63) is 82.3 Å². The van der Waals surface area contributed by atoms with E-state index in [0.29, 0.717) is 23.7 Å². The molecule has 9 nitrogen and oxygen atoms in total. The lowest BCUT2D eigenvalue weighted by Gasteiger charge is -2.51. The molecule has 0 amide bonds. The fraction of sp³-hybridized carbons (Fsp3) is 0.486. The molecule has 2 aliphatic rings. The third kappa shape index (κ3) is 7.99. The molecule has 0 saturated heterocycles. The Morgan fingerprint density at radius 3 is 2.63 bits per heavy atom. The lowest BCUT2D eigenvalue weighted by Crippen LogP contribution is -2.40. The van der Waals surface area contributed by atoms with Gasteiger partial charge in [-0.15, -0.1) is 0 Å². The molecule has 3 aromatic rings. The van der Waals surface area contributed by atoms with E-state index in [1.807, 2.05) is 18.3 Å². The normalized spacial score (nSPS) is 22.1. The first kappa shape index (κ1) is 33.3. The summed E-state index contributed by atoms with van der Waals surface area (Å²) in [5.74, 6) is 0.668. The van der Waals surface area contributed by atoms with E-state index >= 15 is 0 Å². The molecule has 1 aromatic heterocycles. The number of nitrogens with two attached hydrogens (primary N) is 3. The Bertz CT molecular complexity index is 1540. The predicted octanol–water partition coefficient (Wildman–Crippen LogP) is 6.55. The van der Waals surface area contributed by atoms with Gasteiger partial charge in [-0.1, -0.05) is 80.7 Å². The van der Waals surface area contributed by atoms with Gasteiger partial charge in [0.25, 0.3) is 0 Å². The zero-order valence-corrected chi connectivity index (χ0v) is 26.9. The van der Waals surface area contributed by atoms with Crippen molar-refractivity contribution >= 4 is 34.8 Å². The Balaban J connectivity index is 1.56. The number of aldehydes is 1. The standard InChI is InChI=1S/C37H49N6O3/c1-2-3-6-28(38)7-4-8-29-32-19-25(31-18-24-11-10-23(14-16-44)17-26(24)20-33(29)31)12-13-30(32)36(43-34-9-5-15-41-34)27(21-35(45)46)22-42-37(39)40/h5,9-11,15-18,20-21,25,28-30,32,36,41H,2-4,6-8,12-14,19,22,38H2,1H3,(H,45,46)(H4,39,40,42)/q-1/b27-21+/t25-,28+,29-,30-,32+,36+/m1/s1. The number of aliphatic carboxylic acids is 1. The Kier molecular flexibility index (Phi) is 11.2. The third-order valence-corrected chi connectivity index (χ3v) is 10.2. The smallest absolute Gasteiger partial charge is 0.328 e. The van der Waals surface area contributed by atoms with Crippen LogP contribution >= 0.6 is 0 Å². The van der Waals surface area contributed by atoms with Gasteiger partial charge in [-0.2, -0.15) is 0 Å². The van der Waals surface area contributed by atoms with Gasteiger partial charge < -0.3 is 37.4 Å². The van der Waals surface area contributed by atoms with Crippen LogP contribution in [0.4, 0.5) is 5.82 Å². The minimum atomic E-state index is -1.04. The van der Waals surface area contributed by atoms with Crippen LogP contribution in [0.1, 0.15) is 93.2 Å². The Morgan fingerprint density at radius 1 is 1.11 bits per heavy atom. The van der Waals surface area contributed by atoms with Gasteiger partial charge in [0.05, 0.1) is 6.54 Å². The number of rotatable bonds is 16. The van der Waals surface area contributed by atoms with E-state index in [4.69, 9.17) is 22.5 Å². The van der Waals surface area contributed by atoms with E-state index in [9.17, 15) is 14.7 Å². The van der Waals surface area contributed by atoms with Crippen molar-refractivity contribution in [3.63, 3.8) is 0 Å². The van der Waals surface area contributed by atoms with Crippen molar-refractivity contribution in [2.75, 3.05) is 6.54 Å².